The Morgan fingerprint density at radius 2 is 2.29 bits per heavy atom. The number of nitrogens with one attached hydrogen (secondary N) is 2. The van der Waals surface area contributed by atoms with Gasteiger partial charge in [0.2, 0.25) is 0 Å². The smallest absolute Gasteiger partial charge is 0.321 e. The quantitative estimate of drug-likeness (QED) is 0.527. The van der Waals surface area contributed by atoms with E-state index >= 15 is 0 Å². The molecule has 1 saturated carbocycles. The molecule has 0 aromatic carbocycles. The largest absolute Gasteiger partial charge is 0.388 e. The van der Waals surface area contributed by atoms with Crippen LogP contribution in [-0.2, 0) is 0 Å². The van der Waals surface area contributed by atoms with Crippen molar-refractivity contribution < 1.29 is 14.8 Å². The number of carbonyl (C=O) groups excluding carboxylic acids is 1. The summed E-state index contributed by atoms with van der Waals surface area (Å²) in [6.45, 7) is 0.179. The summed E-state index contributed by atoms with van der Waals surface area (Å²) < 4.78 is 0. The van der Waals surface area contributed by atoms with Gasteiger partial charge in [-0.15, -0.1) is 0 Å². The number of hydrogen-bond donors (Lipinski definition) is 3. The third-order valence-electron chi connectivity index (χ3n) is 2.97. The molecule has 1 heterocycles. The molecule has 1 fully saturated rings. The Kier molecular flexibility index (Phi) is 2.84. The molecule has 3 N–H and O–H groups in total. The van der Waals surface area contributed by atoms with E-state index in [4.69, 9.17) is 0 Å². The molecule has 0 unspecified atom stereocenters. The molecule has 0 bridgehead atoms. The van der Waals surface area contributed by atoms with E-state index < -0.39 is 16.4 Å². The maximum Gasteiger partial charge on any atom is 0.321 e. The minimum Gasteiger partial charge on any atom is -0.388 e. The maximum atomic E-state index is 11.6. The van der Waals surface area contributed by atoms with Gasteiger partial charge >= 0.3 is 5.82 Å². The van der Waals surface area contributed by atoms with Crippen molar-refractivity contribution >= 4 is 11.7 Å². The monoisotopic (exact) mass is 239 g/mol. The summed E-state index contributed by atoms with van der Waals surface area (Å²) >= 11 is 0. The van der Waals surface area contributed by atoms with Crippen LogP contribution in [0.15, 0.2) is 12.1 Å². The minimum absolute atomic E-state index is 0.125. The van der Waals surface area contributed by atoms with E-state index in [9.17, 15) is 20.0 Å². The summed E-state index contributed by atoms with van der Waals surface area (Å²) in [6.07, 6.45) is 2.32. The number of H-pyrrole nitrogens is 1. The molecule has 0 saturated heterocycles. The summed E-state index contributed by atoms with van der Waals surface area (Å²) in [5.41, 5.74) is -0.673. The van der Waals surface area contributed by atoms with E-state index in [1.54, 1.807) is 0 Å². The number of nitrogens with zero attached hydrogens (tertiary/aromatic N) is 1. The zero-order valence-corrected chi connectivity index (χ0v) is 9.10. The van der Waals surface area contributed by atoms with Gasteiger partial charge in [-0.05, 0) is 30.3 Å². The zero-order chi connectivity index (χ0) is 12.5. The van der Waals surface area contributed by atoms with Gasteiger partial charge in [-0.3, -0.25) is 4.79 Å². The third-order valence-corrected chi connectivity index (χ3v) is 2.97. The van der Waals surface area contributed by atoms with Crippen molar-refractivity contribution in [1.82, 2.24) is 10.3 Å². The Balaban J connectivity index is 1.92. The molecule has 0 atom stereocenters. The van der Waals surface area contributed by atoms with Crippen molar-refractivity contribution in [3.63, 3.8) is 0 Å². The number of aromatic nitrogens is 1. The van der Waals surface area contributed by atoms with Crippen LogP contribution in [0.4, 0.5) is 5.82 Å². The van der Waals surface area contributed by atoms with Gasteiger partial charge in [-0.2, -0.15) is 0 Å². The normalized spacial score (nSPS) is 17.2. The summed E-state index contributed by atoms with van der Waals surface area (Å²) in [4.78, 5) is 23.8. The lowest BCUT2D eigenvalue weighted by atomic mass is 9.80. The molecule has 1 aliphatic carbocycles. The van der Waals surface area contributed by atoms with Crippen molar-refractivity contribution in [3.8, 4) is 0 Å². The predicted octanol–water partition coefficient (Wildman–Crippen LogP) is 0.568. The van der Waals surface area contributed by atoms with Crippen molar-refractivity contribution in [2.45, 2.75) is 24.9 Å². The van der Waals surface area contributed by atoms with E-state index in [2.05, 4.69) is 10.3 Å². The molecule has 1 amide bonds. The molecule has 7 heteroatoms. The van der Waals surface area contributed by atoms with Crippen molar-refractivity contribution in [1.29, 1.82) is 0 Å². The first-order valence-corrected chi connectivity index (χ1v) is 5.34. The Bertz CT molecular complexity index is 450. The van der Waals surface area contributed by atoms with Crippen LogP contribution in [0.25, 0.3) is 0 Å². The van der Waals surface area contributed by atoms with E-state index in [1.165, 1.54) is 12.1 Å². The van der Waals surface area contributed by atoms with Gasteiger partial charge in [-0.1, -0.05) is 0 Å². The molecule has 0 radical (unpaired) electrons. The Morgan fingerprint density at radius 1 is 1.59 bits per heavy atom. The van der Waals surface area contributed by atoms with Crippen LogP contribution in [0.2, 0.25) is 0 Å². The molecule has 7 nitrogen and oxygen atoms in total. The lowest BCUT2D eigenvalue weighted by Gasteiger charge is -2.36. The molecule has 1 aromatic rings. The number of aliphatic hydroxyl groups is 1. The average molecular weight is 239 g/mol. The molecule has 1 aromatic heterocycles. The Morgan fingerprint density at radius 3 is 2.76 bits per heavy atom. The first kappa shape index (κ1) is 11.6. The summed E-state index contributed by atoms with van der Waals surface area (Å²) in [6, 6.07) is 2.57. The van der Waals surface area contributed by atoms with Crippen molar-refractivity contribution in [2.24, 2.45) is 0 Å². The van der Waals surface area contributed by atoms with E-state index in [0.717, 1.165) is 6.42 Å². The van der Waals surface area contributed by atoms with Gasteiger partial charge in [0.25, 0.3) is 5.91 Å². The van der Waals surface area contributed by atoms with Crippen LogP contribution in [0.3, 0.4) is 0 Å². The fourth-order valence-electron chi connectivity index (χ4n) is 1.72. The SMILES string of the molecule is O=C(NCC1(O)CCC1)c1ccc([N+](=O)[O-])[nH]1. The van der Waals surface area contributed by atoms with Crippen LogP contribution in [0.1, 0.15) is 29.8 Å². The van der Waals surface area contributed by atoms with Crippen molar-refractivity contribution in [2.75, 3.05) is 6.54 Å². The van der Waals surface area contributed by atoms with Crippen LogP contribution in [0.5, 0.6) is 0 Å². The highest BCUT2D eigenvalue weighted by Gasteiger charge is 2.34. The second kappa shape index (κ2) is 4.17. The molecule has 0 aliphatic heterocycles. The Hall–Kier alpha value is -1.89. The van der Waals surface area contributed by atoms with E-state index in [-0.39, 0.29) is 18.1 Å². The van der Waals surface area contributed by atoms with Crippen LogP contribution >= 0.6 is 0 Å². The van der Waals surface area contributed by atoms with E-state index in [1.807, 2.05) is 0 Å². The second-order valence-corrected chi connectivity index (χ2v) is 4.27. The number of amides is 1. The van der Waals surface area contributed by atoms with Gasteiger partial charge in [-0.25, -0.2) is 4.98 Å². The van der Waals surface area contributed by atoms with Gasteiger partial charge in [0, 0.05) is 12.6 Å². The number of hydrogen-bond acceptors (Lipinski definition) is 4. The number of nitro groups is 1. The summed E-state index contributed by atoms with van der Waals surface area (Å²) in [5.74, 6) is -0.670. The van der Waals surface area contributed by atoms with Crippen LogP contribution in [-0.4, -0.2) is 33.1 Å². The second-order valence-electron chi connectivity index (χ2n) is 4.27. The van der Waals surface area contributed by atoms with Gasteiger partial charge in [0.05, 0.1) is 5.60 Å². The first-order valence-electron chi connectivity index (χ1n) is 5.34. The van der Waals surface area contributed by atoms with Gasteiger partial charge in [0.15, 0.2) is 5.69 Å². The van der Waals surface area contributed by atoms with Crippen molar-refractivity contribution in [3.05, 3.63) is 27.9 Å². The average Bonchev–Trinajstić information content (AvgIpc) is 2.72. The highest BCUT2D eigenvalue weighted by molar-refractivity contribution is 5.92. The summed E-state index contributed by atoms with van der Waals surface area (Å²) in [7, 11) is 0. The highest BCUT2D eigenvalue weighted by Crippen LogP contribution is 2.30. The number of aromatic amines is 1. The highest BCUT2D eigenvalue weighted by atomic mass is 16.6. The summed E-state index contributed by atoms with van der Waals surface area (Å²) in [5, 5.41) is 22.7. The molecule has 1 aliphatic rings. The maximum absolute atomic E-state index is 11.6. The molecule has 17 heavy (non-hydrogen) atoms. The molecule has 92 valence electrons. The fraction of sp³-hybridized carbons (Fsp3) is 0.500. The molecule has 0 spiro atoms. The standard InChI is InChI=1S/C10H13N3O4/c14-9(11-6-10(15)4-1-5-10)7-2-3-8(12-7)13(16)17/h2-3,12,15H,1,4-6H2,(H,11,14). The van der Waals surface area contributed by atoms with Gasteiger partial charge < -0.3 is 20.5 Å². The predicted molar refractivity (Wildman–Crippen MR) is 58.6 cm³/mol. The lowest BCUT2D eigenvalue weighted by Crippen LogP contribution is -2.47. The van der Waals surface area contributed by atoms with Gasteiger partial charge in [0.1, 0.15) is 0 Å². The molecular formula is C10H13N3O4. The van der Waals surface area contributed by atoms with Crippen LogP contribution in [0, 0.1) is 10.1 Å². The molecule has 2 rings (SSSR count). The zero-order valence-electron chi connectivity index (χ0n) is 9.10. The number of rotatable bonds is 4. The van der Waals surface area contributed by atoms with Crippen LogP contribution < -0.4 is 5.32 Å². The number of carbonyl (C=O) groups is 1. The topological polar surface area (TPSA) is 108 Å². The minimum atomic E-state index is -0.797. The van der Waals surface area contributed by atoms with E-state index in [0.29, 0.717) is 12.8 Å². The first-order chi connectivity index (χ1) is 8.00. The third kappa shape index (κ3) is 2.44. The fourth-order valence-corrected chi connectivity index (χ4v) is 1.72. The Labute approximate surface area is 97.0 Å². The lowest BCUT2D eigenvalue weighted by molar-refractivity contribution is -0.389. The molecular weight excluding hydrogens is 226 g/mol.